The second-order valence-electron chi connectivity index (χ2n) is 4.64. The van der Waals surface area contributed by atoms with E-state index in [1.807, 2.05) is 14.1 Å². The quantitative estimate of drug-likeness (QED) is 0.806. The number of anilines is 2. The van der Waals surface area contributed by atoms with Crippen LogP contribution >= 0.6 is 0 Å². The Labute approximate surface area is 98.4 Å². The minimum absolute atomic E-state index is 0.766. The molecule has 2 rings (SSSR count). The number of nitrogens with one attached hydrogen (secondary N) is 2. The van der Waals surface area contributed by atoms with Crippen LogP contribution in [0.4, 0.5) is 11.4 Å². The lowest BCUT2D eigenvalue weighted by atomic mass is 9.83. The lowest BCUT2D eigenvalue weighted by Gasteiger charge is -2.24. The van der Waals surface area contributed by atoms with Crippen LogP contribution in [0.25, 0.3) is 0 Å². The van der Waals surface area contributed by atoms with E-state index in [-0.39, 0.29) is 0 Å². The molecule has 88 valence electrons. The lowest BCUT2D eigenvalue weighted by molar-refractivity contribution is 0.444. The number of benzene rings is 1. The van der Waals surface area contributed by atoms with Crippen molar-refractivity contribution in [2.45, 2.75) is 38.0 Å². The summed E-state index contributed by atoms with van der Waals surface area (Å²) in [6.07, 6.45) is 6.91. The summed E-state index contributed by atoms with van der Waals surface area (Å²) in [6, 6.07) is 6.68. The molecule has 0 aromatic heterocycles. The Hall–Kier alpha value is -1.18. The predicted octanol–water partition coefficient (Wildman–Crippen LogP) is 3.82. The minimum atomic E-state index is 0.766. The smallest absolute Gasteiger partial charge is 0.0393 e. The highest BCUT2D eigenvalue weighted by Crippen LogP contribution is 2.37. The second kappa shape index (κ2) is 5.24. The van der Waals surface area contributed by atoms with E-state index in [4.69, 9.17) is 0 Å². The minimum Gasteiger partial charge on any atom is -0.388 e. The van der Waals surface area contributed by atoms with Crippen molar-refractivity contribution in [1.29, 1.82) is 0 Å². The average Bonchev–Trinajstić information content (AvgIpc) is 2.39. The maximum absolute atomic E-state index is 3.33. The first-order valence-corrected chi connectivity index (χ1v) is 6.34. The van der Waals surface area contributed by atoms with E-state index in [2.05, 4.69) is 28.8 Å². The highest BCUT2D eigenvalue weighted by molar-refractivity contribution is 5.62. The molecule has 1 aliphatic rings. The Morgan fingerprint density at radius 1 is 1.00 bits per heavy atom. The first kappa shape index (κ1) is 11.3. The average molecular weight is 218 g/mol. The Balaban J connectivity index is 2.24. The molecule has 2 nitrogen and oxygen atoms in total. The van der Waals surface area contributed by atoms with E-state index >= 15 is 0 Å². The van der Waals surface area contributed by atoms with Crippen molar-refractivity contribution in [3.8, 4) is 0 Å². The molecule has 1 saturated carbocycles. The highest BCUT2D eigenvalue weighted by atomic mass is 14.9. The fraction of sp³-hybridized carbons (Fsp3) is 0.571. The van der Waals surface area contributed by atoms with Crippen molar-refractivity contribution in [2.75, 3.05) is 24.7 Å². The molecule has 0 aliphatic heterocycles. The summed E-state index contributed by atoms with van der Waals surface area (Å²) in [4.78, 5) is 0. The third-order valence-electron chi connectivity index (χ3n) is 3.66. The molecule has 0 saturated heterocycles. The van der Waals surface area contributed by atoms with Crippen molar-refractivity contribution in [2.24, 2.45) is 0 Å². The summed E-state index contributed by atoms with van der Waals surface area (Å²) >= 11 is 0. The van der Waals surface area contributed by atoms with Crippen molar-refractivity contribution in [3.05, 3.63) is 23.8 Å². The van der Waals surface area contributed by atoms with Gasteiger partial charge in [0.05, 0.1) is 0 Å². The Bertz CT molecular complexity index is 341. The van der Waals surface area contributed by atoms with Crippen LogP contribution < -0.4 is 10.6 Å². The van der Waals surface area contributed by atoms with Crippen LogP contribution in [0.2, 0.25) is 0 Å². The maximum atomic E-state index is 3.33. The van der Waals surface area contributed by atoms with Crippen LogP contribution in [0.5, 0.6) is 0 Å². The molecule has 0 unspecified atom stereocenters. The van der Waals surface area contributed by atoms with Crippen LogP contribution in [0.15, 0.2) is 18.2 Å². The van der Waals surface area contributed by atoms with Crippen LogP contribution in [0, 0.1) is 0 Å². The predicted molar refractivity (Wildman–Crippen MR) is 71.4 cm³/mol. The summed E-state index contributed by atoms with van der Waals surface area (Å²) < 4.78 is 0. The Kier molecular flexibility index (Phi) is 3.70. The molecular formula is C14H22N2. The van der Waals surface area contributed by atoms with Gasteiger partial charge in [-0.2, -0.15) is 0 Å². The van der Waals surface area contributed by atoms with Crippen LogP contribution in [0.3, 0.4) is 0 Å². The highest BCUT2D eigenvalue weighted by Gasteiger charge is 2.18. The van der Waals surface area contributed by atoms with E-state index in [1.54, 1.807) is 0 Å². The molecule has 1 fully saturated rings. The molecule has 2 N–H and O–H groups in total. The SMILES string of the molecule is CNc1ccc(C2CCCCC2)c(NC)c1. The zero-order valence-corrected chi connectivity index (χ0v) is 10.3. The third-order valence-corrected chi connectivity index (χ3v) is 3.66. The normalized spacial score (nSPS) is 17.1. The molecule has 1 aromatic carbocycles. The molecule has 1 aliphatic carbocycles. The van der Waals surface area contributed by atoms with Gasteiger partial charge in [0.1, 0.15) is 0 Å². The molecule has 0 radical (unpaired) electrons. The molecular weight excluding hydrogens is 196 g/mol. The van der Waals surface area contributed by atoms with Gasteiger partial charge in [-0.1, -0.05) is 25.3 Å². The topological polar surface area (TPSA) is 24.1 Å². The number of rotatable bonds is 3. The molecule has 0 spiro atoms. The second-order valence-corrected chi connectivity index (χ2v) is 4.64. The standard InChI is InChI=1S/C14H22N2/c1-15-12-8-9-13(14(10-12)16-2)11-6-4-3-5-7-11/h8-11,15-16H,3-7H2,1-2H3. The fourth-order valence-electron chi connectivity index (χ4n) is 2.70. The van der Waals surface area contributed by atoms with Crippen molar-refractivity contribution < 1.29 is 0 Å². The third kappa shape index (κ3) is 2.31. The largest absolute Gasteiger partial charge is 0.388 e. The van der Waals surface area contributed by atoms with Gasteiger partial charge in [0.2, 0.25) is 0 Å². The van der Waals surface area contributed by atoms with Gasteiger partial charge >= 0.3 is 0 Å². The van der Waals surface area contributed by atoms with Crippen LogP contribution in [-0.4, -0.2) is 14.1 Å². The van der Waals surface area contributed by atoms with Gasteiger partial charge < -0.3 is 10.6 Å². The van der Waals surface area contributed by atoms with E-state index in [0.29, 0.717) is 0 Å². The zero-order valence-electron chi connectivity index (χ0n) is 10.3. The maximum Gasteiger partial charge on any atom is 0.0393 e. The van der Waals surface area contributed by atoms with E-state index in [9.17, 15) is 0 Å². The molecule has 0 atom stereocenters. The van der Waals surface area contributed by atoms with Gasteiger partial charge in [-0.05, 0) is 36.5 Å². The Morgan fingerprint density at radius 2 is 1.75 bits per heavy atom. The van der Waals surface area contributed by atoms with Gasteiger partial charge in [-0.3, -0.25) is 0 Å². The fourth-order valence-corrected chi connectivity index (χ4v) is 2.70. The first-order valence-electron chi connectivity index (χ1n) is 6.34. The van der Waals surface area contributed by atoms with Crippen LogP contribution in [-0.2, 0) is 0 Å². The van der Waals surface area contributed by atoms with E-state index in [0.717, 1.165) is 5.92 Å². The van der Waals surface area contributed by atoms with Gasteiger partial charge in [-0.15, -0.1) is 0 Å². The first-order chi connectivity index (χ1) is 7.85. The van der Waals surface area contributed by atoms with Gasteiger partial charge in [0.15, 0.2) is 0 Å². The molecule has 16 heavy (non-hydrogen) atoms. The number of hydrogen-bond acceptors (Lipinski definition) is 2. The van der Waals surface area contributed by atoms with Gasteiger partial charge in [0.25, 0.3) is 0 Å². The molecule has 0 amide bonds. The van der Waals surface area contributed by atoms with E-state index in [1.165, 1.54) is 49.0 Å². The molecule has 2 heteroatoms. The van der Waals surface area contributed by atoms with E-state index < -0.39 is 0 Å². The zero-order chi connectivity index (χ0) is 11.4. The molecule has 1 aromatic rings. The van der Waals surface area contributed by atoms with Gasteiger partial charge in [0, 0.05) is 25.5 Å². The summed E-state index contributed by atoms with van der Waals surface area (Å²) in [5.41, 5.74) is 3.98. The van der Waals surface area contributed by atoms with Crippen molar-refractivity contribution in [3.63, 3.8) is 0 Å². The summed E-state index contributed by atoms with van der Waals surface area (Å²) in [5.74, 6) is 0.766. The van der Waals surface area contributed by atoms with Crippen molar-refractivity contribution >= 4 is 11.4 Å². The Morgan fingerprint density at radius 3 is 2.38 bits per heavy atom. The number of hydrogen-bond donors (Lipinski definition) is 2. The molecule has 0 bridgehead atoms. The van der Waals surface area contributed by atoms with Crippen molar-refractivity contribution in [1.82, 2.24) is 0 Å². The molecule has 0 heterocycles. The summed E-state index contributed by atoms with van der Waals surface area (Å²) in [5, 5.41) is 6.52. The van der Waals surface area contributed by atoms with Gasteiger partial charge in [-0.25, -0.2) is 0 Å². The summed E-state index contributed by atoms with van der Waals surface area (Å²) in [6.45, 7) is 0. The monoisotopic (exact) mass is 218 g/mol. The summed E-state index contributed by atoms with van der Waals surface area (Å²) in [7, 11) is 3.98. The van der Waals surface area contributed by atoms with Crippen LogP contribution in [0.1, 0.15) is 43.6 Å². The lowest BCUT2D eigenvalue weighted by Crippen LogP contribution is -2.07.